The first kappa shape index (κ1) is 14.2. The summed E-state index contributed by atoms with van der Waals surface area (Å²) in [6.45, 7) is 3.35. The minimum Gasteiger partial charge on any atom is -0.320 e. The van der Waals surface area contributed by atoms with Crippen molar-refractivity contribution in [2.75, 3.05) is 0 Å². The summed E-state index contributed by atoms with van der Waals surface area (Å²) in [6, 6.07) is 7.40. The fraction of sp³-hybridized carbons (Fsp3) is 0.200. The van der Waals surface area contributed by atoms with Crippen LogP contribution >= 0.6 is 15.9 Å². The van der Waals surface area contributed by atoms with Crippen molar-refractivity contribution in [3.63, 3.8) is 0 Å². The van der Waals surface area contributed by atoms with Gasteiger partial charge in [0.25, 0.3) is 0 Å². The molecule has 0 aliphatic rings. The van der Waals surface area contributed by atoms with E-state index in [4.69, 9.17) is 5.73 Å². The number of benzene rings is 2. The average molecular weight is 326 g/mol. The van der Waals surface area contributed by atoms with Gasteiger partial charge < -0.3 is 5.73 Å². The predicted octanol–water partition coefficient (Wildman–Crippen LogP) is 4.39. The Morgan fingerprint density at radius 3 is 2.21 bits per heavy atom. The highest BCUT2D eigenvalue weighted by molar-refractivity contribution is 9.10. The molecular formula is C15H14BrF2N. The Labute approximate surface area is 119 Å². The molecule has 0 aliphatic heterocycles. The van der Waals surface area contributed by atoms with E-state index in [2.05, 4.69) is 15.9 Å². The van der Waals surface area contributed by atoms with Gasteiger partial charge >= 0.3 is 0 Å². The van der Waals surface area contributed by atoms with Gasteiger partial charge in [-0.3, -0.25) is 0 Å². The van der Waals surface area contributed by atoms with Crippen molar-refractivity contribution >= 4 is 15.9 Å². The van der Waals surface area contributed by atoms with Crippen LogP contribution in [0.5, 0.6) is 0 Å². The van der Waals surface area contributed by atoms with E-state index in [-0.39, 0.29) is 11.6 Å². The van der Waals surface area contributed by atoms with Crippen LogP contribution in [-0.2, 0) is 0 Å². The van der Waals surface area contributed by atoms with E-state index in [9.17, 15) is 8.78 Å². The summed E-state index contributed by atoms with van der Waals surface area (Å²) in [5.41, 5.74) is 8.22. The molecule has 4 heteroatoms. The van der Waals surface area contributed by atoms with E-state index < -0.39 is 6.04 Å². The lowest BCUT2D eigenvalue weighted by molar-refractivity contribution is 0.594. The first-order valence-electron chi connectivity index (χ1n) is 5.88. The van der Waals surface area contributed by atoms with Gasteiger partial charge in [-0.25, -0.2) is 8.78 Å². The molecule has 2 N–H and O–H groups in total. The molecule has 2 rings (SSSR count). The molecule has 2 aromatic rings. The third kappa shape index (κ3) is 2.69. The second-order valence-corrected chi connectivity index (χ2v) is 5.44. The molecule has 1 nitrogen and oxygen atoms in total. The standard InChI is InChI=1S/C15H14BrF2N/c1-8-6-10(7-9(2)14(8)18)15(19)13-11(16)4-3-5-12(13)17/h3-7,15H,19H2,1-2H3. The highest BCUT2D eigenvalue weighted by Crippen LogP contribution is 2.30. The van der Waals surface area contributed by atoms with Crippen molar-refractivity contribution in [2.24, 2.45) is 5.73 Å². The number of hydrogen-bond donors (Lipinski definition) is 1. The maximum absolute atomic E-state index is 13.9. The lowest BCUT2D eigenvalue weighted by Gasteiger charge is -2.17. The van der Waals surface area contributed by atoms with Crippen molar-refractivity contribution in [2.45, 2.75) is 19.9 Å². The zero-order chi connectivity index (χ0) is 14.2. The van der Waals surface area contributed by atoms with Gasteiger partial charge in [0, 0.05) is 10.0 Å². The van der Waals surface area contributed by atoms with E-state index in [1.807, 2.05) is 0 Å². The highest BCUT2D eigenvalue weighted by Gasteiger charge is 2.18. The fourth-order valence-electron chi connectivity index (χ4n) is 2.13. The summed E-state index contributed by atoms with van der Waals surface area (Å²) in [4.78, 5) is 0. The first-order valence-corrected chi connectivity index (χ1v) is 6.67. The van der Waals surface area contributed by atoms with Crippen LogP contribution in [-0.4, -0.2) is 0 Å². The van der Waals surface area contributed by atoms with Crippen LogP contribution in [0.15, 0.2) is 34.8 Å². The van der Waals surface area contributed by atoms with E-state index in [1.165, 1.54) is 6.07 Å². The Morgan fingerprint density at radius 2 is 1.68 bits per heavy atom. The maximum atomic E-state index is 13.9. The molecule has 0 amide bonds. The van der Waals surface area contributed by atoms with E-state index >= 15 is 0 Å². The topological polar surface area (TPSA) is 26.0 Å². The predicted molar refractivity (Wildman–Crippen MR) is 76.0 cm³/mol. The summed E-state index contributed by atoms with van der Waals surface area (Å²) in [5.74, 6) is -0.620. The lowest BCUT2D eigenvalue weighted by atomic mass is 9.95. The Bertz CT molecular complexity index is 582. The van der Waals surface area contributed by atoms with Gasteiger partial charge in [0.1, 0.15) is 11.6 Å². The average Bonchev–Trinajstić information content (AvgIpc) is 2.35. The van der Waals surface area contributed by atoms with E-state index in [0.717, 1.165) is 0 Å². The minimum atomic E-state index is -0.631. The van der Waals surface area contributed by atoms with Gasteiger partial charge in [-0.1, -0.05) is 34.1 Å². The Kier molecular flexibility index (Phi) is 4.02. The molecular weight excluding hydrogens is 312 g/mol. The minimum absolute atomic E-state index is 0.247. The molecule has 0 saturated carbocycles. The summed E-state index contributed by atoms with van der Waals surface area (Å²) in [7, 11) is 0. The van der Waals surface area contributed by atoms with Crippen LogP contribution in [0.1, 0.15) is 28.3 Å². The monoisotopic (exact) mass is 325 g/mol. The highest BCUT2D eigenvalue weighted by atomic mass is 79.9. The number of aryl methyl sites for hydroxylation is 2. The van der Waals surface area contributed by atoms with Crippen LogP contribution in [0.25, 0.3) is 0 Å². The van der Waals surface area contributed by atoms with Crippen molar-refractivity contribution in [1.82, 2.24) is 0 Å². The quantitative estimate of drug-likeness (QED) is 0.870. The van der Waals surface area contributed by atoms with Gasteiger partial charge in [0.15, 0.2) is 0 Å². The molecule has 0 fully saturated rings. The third-order valence-electron chi connectivity index (χ3n) is 3.13. The molecule has 100 valence electrons. The van der Waals surface area contributed by atoms with Crippen molar-refractivity contribution in [1.29, 1.82) is 0 Å². The summed E-state index contributed by atoms with van der Waals surface area (Å²) in [5, 5.41) is 0. The molecule has 0 heterocycles. The Morgan fingerprint density at radius 1 is 1.11 bits per heavy atom. The molecule has 0 aromatic heterocycles. The number of hydrogen-bond acceptors (Lipinski definition) is 1. The van der Waals surface area contributed by atoms with Crippen molar-refractivity contribution in [3.05, 3.63) is 68.7 Å². The van der Waals surface area contributed by atoms with Crippen LogP contribution in [0.4, 0.5) is 8.78 Å². The summed E-state index contributed by atoms with van der Waals surface area (Å²) < 4.78 is 28.1. The molecule has 0 bridgehead atoms. The maximum Gasteiger partial charge on any atom is 0.129 e. The normalized spacial score (nSPS) is 12.5. The summed E-state index contributed by atoms with van der Waals surface area (Å²) in [6.07, 6.45) is 0. The summed E-state index contributed by atoms with van der Waals surface area (Å²) >= 11 is 3.30. The molecule has 2 aromatic carbocycles. The van der Waals surface area contributed by atoms with Crippen LogP contribution in [0, 0.1) is 25.5 Å². The van der Waals surface area contributed by atoms with E-state index in [0.29, 0.717) is 26.7 Å². The zero-order valence-electron chi connectivity index (χ0n) is 10.7. The van der Waals surface area contributed by atoms with Crippen LogP contribution in [0.3, 0.4) is 0 Å². The zero-order valence-corrected chi connectivity index (χ0v) is 12.3. The fourth-order valence-corrected chi connectivity index (χ4v) is 2.72. The smallest absolute Gasteiger partial charge is 0.129 e. The van der Waals surface area contributed by atoms with E-state index in [1.54, 1.807) is 38.1 Å². The second-order valence-electron chi connectivity index (χ2n) is 4.58. The number of halogens is 3. The van der Waals surface area contributed by atoms with Crippen LogP contribution in [0.2, 0.25) is 0 Å². The lowest BCUT2D eigenvalue weighted by Crippen LogP contribution is -2.15. The van der Waals surface area contributed by atoms with Crippen molar-refractivity contribution in [3.8, 4) is 0 Å². The van der Waals surface area contributed by atoms with Gasteiger partial charge in [-0.15, -0.1) is 0 Å². The largest absolute Gasteiger partial charge is 0.320 e. The molecule has 0 radical (unpaired) electrons. The second kappa shape index (κ2) is 5.39. The molecule has 0 saturated heterocycles. The molecule has 0 spiro atoms. The van der Waals surface area contributed by atoms with Gasteiger partial charge in [0.05, 0.1) is 6.04 Å². The van der Waals surface area contributed by atoms with Gasteiger partial charge in [-0.05, 0) is 42.7 Å². The Hall–Kier alpha value is -1.26. The molecule has 0 aliphatic carbocycles. The molecule has 19 heavy (non-hydrogen) atoms. The van der Waals surface area contributed by atoms with Gasteiger partial charge in [0.2, 0.25) is 0 Å². The third-order valence-corrected chi connectivity index (χ3v) is 3.82. The SMILES string of the molecule is Cc1cc(C(N)c2c(F)cccc2Br)cc(C)c1F. The first-order chi connectivity index (χ1) is 8.91. The van der Waals surface area contributed by atoms with Crippen LogP contribution < -0.4 is 5.73 Å². The molecule has 1 unspecified atom stereocenters. The molecule has 1 atom stereocenters. The number of nitrogens with two attached hydrogens (primary N) is 1. The van der Waals surface area contributed by atoms with Crippen molar-refractivity contribution < 1.29 is 8.78 Å². The Balaban J connectivity index is 2.53. The number of rotatable bonds is 2. The van der Waals surface area contributed by atoms with Gasteiger partial charge in [-0.2, -0.15) is 0 Å².